The van der Waals surface area contributed by atoms with Crippen LogP contribution in [0.25, 0.3) is 0 Å². The Morgan fingerprint density at radius 2 is 1.83 bits per heavy atom. The topological polar surface area (TPSA) is 57.8 Å². The van der Waals surface area contributed by atoms with Crippen LogP contribution in [0, 0.1) is 34.6 Å². The highest BCUT2D eigenvalue weighted by Crippen LogP contribution is 2.21. The van der Waals surface area contributed by atoms with Crippen molar-refractivity contribution in [3.63, 3.8) is 0 Å². The number of aromatic amines is 1. The number of nitrogens with zero attached hydrogens (tertiary/aromatic N) is 1. The van der Waals surface area contributed by atoms with E-state index in [9.17, 15) is 4.79 Å². The van der Waals surface area contributed by atoms with Crippen LogP contribution in [-0.4, -0.2) is 28.2 Å². The molecule has 0 unspecified atom stereocenters. The van der Waals surface area contributed by atoms with Crippen LogP contribution in [0.15, 0.2) is 12.4 Å². The minimum atomic E-state index is 0.0309. The van der Waals surface area contributed by atoms with Gasteiger partial charge >= 0.3 is 0 Å². The first-order valence-corrected chi connectivity index (χ1v) is 8.99. The Morgan fingerprint density at radius 3 is 2.39 bits per heavy atom. The average Bonchev–Trinajstić information content (AvgIpc) is 2.90. The number of thioether (sulfide) groups is 1. The second-order valence-electron chi connectivity index (χ2n) is 5.92. The normalized spacial score (nSPS) is 10.8. The van der Waals surface area contributed by atoms with Crippen molar-refractivity contribution in [1.29, 1.82) is 0 Å². The van der Waals surface area contributed by atoms with E-state index in [2.05, 4.69) is 35.2 Å². The van der Waals surface area contributed by atoms with E-state index >= 15 is 0 Å². The van der Waals surface area contributed by atoms with E-state index in [0.717, 1.165) is 39.6 Å². The number of carbonyl (C=O) groups excluding carboxylic acids is 1. The zero-order chi connectivity index (χ0) is 17.0. The Bertz CT molecular complexity index is 680. The highest BCUT2D eigenvalue weighted by atomic mass is 32.2. The van der Waals surface area contributed by atoms with Crippen LogP contribution < -0.4 is 5.32 Å². The number of carbonyl (C=O) groups is 1. The lowest BCUT2D eigenvalue weighted by molar-refractivity contribution is 0.0954. The highest BCUT2D eigenvalue weighted by Gasteiger charge is 2.15. The van der Waals surface area contributed by atoms with Gasteiger partial charge in [-0.1, -0.05) is 6.07 Å². The fourth-order valence-corrected chi connectivity index (χ4v) is 3.46. The first kappa shape index (κ1) is 17.6. The van der Waals surface area contributed by atoms with Crippen molar-refractivity contribution >= 4 is 17.7 Å². The van der Waals surface area contributed by atoms with Gasteiger partial charge in [-0.3, -0.25) is 4.79 Å². The molecule has 5 heteroatoms. The van der Waals surface area contributed by atoms with Crippen molar-refractivity contribution in [2.45, 2.75) is 40.4 Å². The molecule has 1 amide bonds. The maximum absolute atomic E-state index is 12.5. The van der Waals surface area contributed by atoms with Crippen molar-refractivity contribution in [2.24, 2.45) is 0 Å². The molecular weight excluding hydrogens is 306 g/mol. The molecule has 0 aliphatic rings. The Labute approximate surface area is 142 Å². The summed E-state index contributed by atoms with van der Waals surface area (Å²) >= 11 is 1.78. The molecule has 0 radical (unpaired) electrons. The molecule has 0 atom stereocenters. The van der Waals surface area contributed by atoms with Gasteiger partial charge in [-0.25, -0.2) is 4.98 Å². The SMILES string of the molecule is Cc1cc(C)c(C)c(C(=O)NCCSCc2nc[nH]c2C)c1C. The van der Waals surface area contributed by atoms with Crippen LogP contribution in [0.1, 0.15) is 44.0 Å². The number of H-pyrrole nitrogens is 1. The van der Waals surface area contributed by atoms with E-state index in [1.165, 1.54) is 11.1 Å². The molecule has 1 aromatic carbocycles. The molecule has 0 aliphatic carbocycles. The summed E-state index contributed by atoms with van der Waals surface area (Å²) in [4.78, 5) is 19.9. The van der Waals surface area contributed by atoms with Crippen LogP contribution in [0.3, 0.4) is 0 Å². The zero-order valence-corrected chi connectivity index (χ0v) is 15.4. The molecule has 0 bridgehead atoms. The zero-order valence-electron chi connectivity index (χ0n) is 14.5. The predicted octanol–water partition coefficient (Wildman–Crippen LogP) is 3.62. The fourth-order valence-electron chi connectivity index (χ4n) is 2.58. The molecule has 1 heterocycles. The third-order valence-corrected chi connectivity index (χ3v) is 5.27. The van der Waals surface area contributed by atoms with Gasteiger partial charge in [-0.2, -0.15) is 11.8 Å². The molecule has 0 saturated heterocycles. The van der Waals surface area contributed by atoms with Crippen LogP contribution in [-0.2, 0) is 5.75 Å². The van der Waals surface area contributed by atoms with Crippen LogP contribution >= 0.6 is 11.8 Å². The van der Waals surface area contributed by atoms with Crippen molar-refractivity contribution in [3.05, 3.63) is 51.6 Å². The van der Waals surface area contributed by atoms with E-state index < -0.39 is 0 Å². The fraction of sp³-hybridized carbons (Fsp3) is 0.444. The number of nitrogens with one attached hydrogen (secondary N) is 2. The van der Waals surface area contributed by atoms with Crippen molar-refractivity contribution in [1.82, 2.24) is 15.3 Å². The molecule has 2 rings (SSSR count). The van der Waals surface area contributed by atoms with Crippen molar-refractivity contribution in [3.8, 4) is 0 Å². The Morgan fingerprint density at radius 1 is 1.17 bits per heavy atom. The molecule has 0 aliphatic heterocycles. The van der Waals surface area contributed by atoms with E-state index in [4.69, 9.17) is 0 Å². The standard InChI is InChI=1S/C18H25N3OS/c1-11-8-12(2)14(4)17(13(11)3)18(22)19-6-7-23-9-16-15(5)20-10-21-16/h8,10H,6-7,9H2,1-5H3,(H,19,22)(H,20,21). The predicted molar refractivity (Wildman–Crippen MR) is 97.2 cm³/mol. The number of hydrogen-bond acceptors (Lipinski definition) is 3. The van der Waals surface area contributed by atoms with Gasteiger partial charge in [0.1, 0.15) is 0 Å². The highest BCUT2D eigenvalue weighted by molar-refractivity contribution is 7.98. The van der Waals surface area contributed by atoms with Gasteiger partial charge < -0.3 is 10.3 Å². The van der Waals surface area contributed by atoms with Crippen LogP contribution in [0.4, 0.5) is 0 Å². The molecular formula is C18H25N3OS. The molecule has 23 heavy (non-hydrogen) atoms. The van der Waals surface area contributed by atoms with Gasteiger partial charge in [-0.05, 0) is 56.9 Å². The third-order valence-electron chi connectivity index (χ3n) is 4.30. The van der Waals surface area contributed by atoms with E-state index in [1.54, 1.807) is 18.1 Å². The molecule has 124 valence electrons. The maximum atomic E-state index is 12.5. The summed E-state index contributed by atoms with van der Waals surface area (Å²) in [6.07, 6.45) is 1.72. The van der Waals surface area contributed by atoms with Crippen molar-refractivity contribution < 1.29 is 4.79 Å². The first-order valence-electron chi connectivity index (χ1n) is 7.84. The minimum Gasteiger partial charge on any atom is -0.351 e. The molecule has 0 saturated carbocycles. The summed E-state index contributed by atoms with van der Waals surface area (Å²) in [6, 6.07) is 2.14. The number of hydrogen-bond donors (Lipinski definition) is 2. The summed E-state index contributed by atoms with van der Waals surface area (Å²) in [7, 11) is 0. The molecule has 0 fully saturated rings. The largest absolute Gasteiger partial charge is 0.351 e. The number of aryl methyl sites for hydroxylation is 3. The van der Waals surface area contributed by atoms with Gasteiger partial charge in [0.15, 0.2) is 0 Å². The summed E-state index contributed by atoms with van der Waals surface area (Å²) < 4.78 is 0. The average molecular weight is 331 g/mol. The Balaban J connectivity index is 1.87. The summed E-state index contributed by atoms with van der Waals surface area (Å²) in [5, 5.41) is 3.04. The lowest BCUT2D eigenvalue weighted by Gasteiger charge is -2.15. The Hall–Kier alpha value is -1.75. The van der Waals surface area contributed by atoms with Crippen LogP contribution in [0.5, 0.6) is 0 Å². The molecule has 2 N–H and O–H groups in total. The van der Waals surface area contributed by atoms with Gasteiger partial charge in [-0.15, -0.1) is 0 Å². The molecule has 2 aromatic rings. The second kappa shape index (κ2) is 7.68. The number of rotatable bonds is 6. The quantitative estimate of drug-likeness (QED) is 0.795. The smallest absolute Gasteiger partial charge is 0.251 e. The number of benzene rings is 1. The van der Waals surface area contributed by atoms with E-state index in [-0.39, 0.29) is 5.91 Å². The molecule has 0 spiro atoms. The van der Waals surface area contributed by atoms with Gasteiger partial charge in [0.2, 0.25) is 0 Å². The lowest BCUT2D eigenvalue weighted by atomic mass is 9.94. The van der Waals surface area contributed by atoms with E-state index in [0.29, 0.717) is 6.54 Å². The Kier molecular flexibility index (Phi) is 5.88. The summed E-state index contributed by atoms with van der Waals surface area (Å²) in [6.45, 7) is 10.8. The molecule has 4 nitrogen and oxygen atoms in total. The maximum Gasteiger partial charge on any atom is 0.251 e. The number of amides is 1. The minimum absolute atomic E-state index is 0.0309. The monoisotopic (exact) mass is 331 g/mol. The van der Waals surface area contributed by atoms with Gasteiger partial charge in [0, 0.05) is 29.3 Å². The summed E-state index contributed by atoms with van der Waals surface area (Å²) in [5.74, 6) is 1.77. The third kappa shape index (κ3) is 4.16. The first-order chi connectivity index (χ1) is 10.9. The second-order valence-corrected chi connectivity index (χ2v) is 7.02. The number of imidazole rings is 1. The molecule has 1 aromatic heterocycles. The van der Waals surface area contributed by atoms with Gasteiger partial charge in [0.25, 0.3) is 5.91 Å². The lowest BCUT2D eigenvalue weighted by Crippen LogP contribution is -2.27. The number of aromatic nitrogens is 2. The van der Waals surface area contributed by atoms with E-state index in [1.807, 2.05) is 20.8 Å². The van der Waals surface area contributed by atoms with Gasteiger partial charge in [0.05, 0.1) is 12.0 Å². The van der Waals surface area contributed by atoms with Crippen molar-refractivity contribution in [2.75, 3.05) is 12.3 Å². The summed E-state index contributed by atoms with van der Waals surface area (Å²) in [5.41, 5.74) is 7.51. The van der Waals surface area contributed by atoms with Crippen LogP contribution in [0.2, 0.25) is 0 Å².